The number of methoxy groups -OCH3 is 1. The predicted octanol–water partition coefficient (Wildman–Crippen LogP) is 6.02. The maximum absolute atomic E-state index is 14.6. The Morgan fingerprint density at radius 1 is 0.889 bits per heavy atom. The van der Waals surface area contributed by atoms with Crippen LogP contribution in [0.15, 0.2) is 108 Å². The first-order valence-electron chi connectivity index (χ1n) is 14.7. The summed E-state index contributed by atoms with van der Waals surface area (Å²) < 4.78 is 35.0. The maximum Gasteiger partial charge on any atom is 0.264 e. The molecule has 0 heterocycles. The molecule has 0 aliphatic carbocycles. The van der Waals surface area contributed by atoms with E-state index in [0.29, 0.717) is 23.6 Å². The van der Waals surface area contributed by atoms with E-state index in [1.807, 2.05) is 50.2 Å². The van der Waals surface area contributed by atoms with Crippen LogP contribution >= 0.6 is 11.6 Å². The van der Waals surface area contributed by atoms with Crippen molar-refractivity contribution in [2.75, 3.05) is 24.5 Å². The lowest BCUT2D eigenvalue weighted by Gasteiger charge is -2.34. The molecule has 1 atom stereocenters. The molecule has 45 heavy (non-hydrogen) atoms. The van der Waals surface area contributed by atoms with Gasteiger partial charge < -0.3 is 15.0 Å². The van der Waals surface area contributed by atoms with Crippen molar-refractivity contribution in [2.24, 2.45) is 0 Å². The first kappa shape index (κ1) is 33.6. The van der Waals surface area contributed by atoms with Crippen LogP contribution in [0.3, 0.4) is 0 Å². The van der Waals surface area contributed by atoms with Crippen LogP contribution < -0.4 is 14.4 Å². The van der Waals surface area contributed by atoms with E-state index in [9.17, 15) is 18.0 Å². The van der Waals surface area contributed by atoms with Gasteiger partial charge in [0.05, 0.1) is 17.7 Å². The van der Waals surface area contributed by atoms with Gasteiger partial charge >= 0.3 is 0 Å². The second kappa shape index (κ2) is 15.6. The second-order valence-corrected chi connectivity index (χ2v) is 12.9. The summed E-state index contributed by atoms with van der Waals surface area (Å²) in [7, 11) is -2.80. The van der Waals surface area contributed by atoms with Crippen molar-refractivity contribution in [1.29, 1.82) is 0 Å². The number of hydrogen-bond donors (Lipinski definition) is 1. The molecule has 10 heteroatoms. The van der Waals surface area contributed by atoms with E-state index in [4.69, 9.17) is 16.3 Å². The van der Waals surface area contributed by atoms with Crippen molar-refractivity contribution in [1.82, 2.24) is 10.2 Å². The molecule has 0 radical (unpaired) electrons. The number of hydrogen-bond acceptors (Lipinski definition) is 5. The Labute approximate surface area is 270 Å². The van der Waals surface area contributed by atoms with Crippen molar-refractivity contribution in [3.63, 3.8) is 0 Å². The molecular weight excluding hydrogens is 610 g/mol. The summed E-state index contributed by atoms with van der Waals surface area (Å²) in [5, 5.41) is 3.42. The molecule has 4 aromatic carbocycles. The summed E-state index contributed by atoms with van der Waals surface area (Å²) in [5.41, 5.74) is 2.55. The highest BCUT2D eigenvalue weighted by Gasteiger charge is 2.35. The molecule has 0 saturated heterocycles. The highest BCUT2D eigenvalue weighted by atomic mass is 35.5. The van der Waals surface area contributed by atoms with Crippen LogP contribution in [0.2, 0.25) is 5.02 Å². The molecule has 0 unspecified atom stereocenters. The maximum atomic E-state index is 14.6. The standard InChI is InChI=1S/C35H38ClN3O5S/c1-4-20-37-35(41)32(23-27-12-7-5-8-13-27)38(24-28-14-11-15-29(36)22-28)34(40)25-39(31-21-26(2)18-19-33(31)44-3)45(42,43)30-16-9-6-10-17-30/h5-19,21-22,32H,4,20,23-25H2,1-3H3,(H,37,41)/t32-/m0/s1. The Bertz CT molecular complexity index is 1700. The Hall–Kier alpha value is -4.34. The van der Waals surface area contributed by atoms with E-state index >= 15 is 0 Å². The van der Waals surface area contributed by atoms with Gasteiger partial charge in [-0.2, -0.15) is 0 Å². The molecule has 0 fully saturated rings. The van der Waals surface area contributed by atoms with Crippen molar-refractivity contribution in [2.45, 2.75) is 44.2 Å². The van der Waals surface area contributed by atoms with E-state index in [1.165, 1.54) is 24.1 Å². The monoisotopic (exact) mass is 647 g/mol. The number of rotatable bonds is 14. The van der Waals surface area contributed by atoms with Gasteiger partial charge in [0.1, 0.15) is 18.3 Å². The summed E-state index contributed by atoms with van der Waals surface area (Å²) in [6.45, 7) is 3.66. The molecule has 4 rings (SSSR count). The topological polar surface area (TPSA) is 96.0 Å². The Kier molecular flexibility index (Phi) is 11.6. The van der Waals surface area contributed by atoms with E-state index in [-0.39, 0.29) is 35.2 Å². The van der Waals surface area contributed by atoms with Gasteiger partial charge in [0.15, 0.2) is 0 Å². The SMILES string of the molecule is CCCNC(=O)[C@H](Cc1ccccc1)N(Cc1cccc(Cl)c1)C(=O)CN(c1cc(C)ccc1OC)S(=O)(=O)c1ccccc1. The summed E-state index contributed by atoms with van der Waals surface area (Å²) in [4.78, 5) is 29.8. The number of halogens is 1. The molecule has 0 aromatic heterocycles. The van der Waals surface area contributed by atoms with Crippen molar-refractivity contribution >= 4 is 39.1 Å². The highest BCUT2D eigenvalue weighted by molar-refractivity contribution is 7.92. The van der Waals surface area contributed by atoms with Gasteiger partial charge in [-0.1, -0.05) is 85.3 Å². The molecule has 236 valence electrons. The minimum Gasteiger partial charge on any atom is -0.495 e. The van der Waals surface area contributed by atoms with Gasteiger partial charge in [0, 0.05) is 24.5 Å². The molecule has 1 N–H and O–H groups in total. The molecule has 8 nitrogen and oxygen atoms in total. The number of carbonyl (C=O) groups is 2. The van der Waals surface area contributed by atoms with E-state index in [1.54, 1.807) is 54.6 Å². The zero-order valence-electron chi connectivity index (χ0n) is 25.6. The number of nitrogens with one attached hydrogen (secondary N) is 1. The summed E-state index contributed by atoms with van der Waals surface area (Å²) in [5.74, 6) is -0.608. The molecule has 0 bridgehead atoms. The van der Waals surface area contributed by atoms with Crippen LogP contribution in [0, 0.1) is 6.92 Å². The van der Waals surface area contributed by atoms with Gasteiger partial charge in [0.2, 0.25) is 11.8 Å². The van der Waals surface area contributed by atoms with Crippen LogP contribution in [0.5, 0.6) is 5.75 Å². The average Bonchev–Trinajstić information content (AvgIpc) is 3.04. The zero-order chi connectivity index (χ0) is 32.4. The Morgan fingerprint density at radius 2 is 1.56 bits per heavy atom. The number of anilines is 1. The van der Waals surface area contributed by atoms with Gasteiger partial charge in [-0.25, -0.2) is 8.42 Å². The van der Waals surface area contributed by atoms with Gasteiger partial charge in [-0.05, 0) is 66.4 Å². The van der Waals surface area contributed by atoms with Gasteiger partial charge in [-0.15, -0.1) is 0 Å². The molecule has 4 aromatic rings. The number of sulfonamides is 1. The predicted molar refractivity (Wildman–Crippen MR) is 178 cm³/mol. The number of ether oxygens (including phenoxy) is 1. The second-order valence-electron chi connectivity index (χ2n) is 10.6. The quantitative estimate of drug-likeness (QED) is 0.181. The first-order chi connectivity index (χ1) is 21.6. The number of amides is 2. The lowest BCUT2D eigenvalue weighted by molar-refractivity contribution is -0.140. The van der Waals surface area contributed by atoms with Crippen LogP contribution in [-0.2, 0) is 32.6 Å². The molecule has 0 aliphatic heterocycles. The van der Waals surface area contributed by atoms with E-state index in [2.05, 4.69) is 5.32 Å². The summed E-state index contributed by atoms with van der Waals surface area (Å²) in [6, 6.07) is 28.6. The van der Waals surface area contributed by atoms with E-state index < -0.39 is 28.5 Å². The fraction of sp³-hybridized carbons (Fsp3) is 0.257. The molecule has 2 amide bonds. The summed E-state index contributed by atoms with van der Waals surface area (Å²) in [6.07, 6.45) is 0.935. The van der Waals surface area contributed by atoms with Crippen molar-refractivity contribution in [3.8, 4) is 5.75 Å². The molecule has 0 aliphatic rings. The largest absolute Gasteiger partial charge is 0.495 e. The number of aryl methyl sites for hydroxylation is 1. The third kappa shape index (κ3) is 8.65. The van der Waals surface area contributed by atoms with Gasteiger partial charge in [0.25, 0.3) is 10.0 Å². The van der Waals surface area contributed by atoms with Crippen LogP contribution in [0.25, 0.3) is 0 Å². The number of benzene rings is 4. The van der Waals surface area contributed by atoms with Crippen molar-refractivity contribution < 1.29 is 22.7 Å². The van der Waals surface area contributed by atoms with E-state index in [0.717, 1.165) is 15.4 Å². The Balaban J connectivity index is 1.84. The Morgan fingerprint density at radius 3 is 2.20 bits per heavy atom. The van der Waals surface area contributed by atoms with Crippen LogP contribution in [0.1, 0.15) is 30.0 Å². The third-order valence-electron chi connectivity index (χ3n) is 7.28. The number of nitrogens with zero attached hydrogens (tertiary/aromatic N) is 2. The lowest BCUT2D eigenvalue weighted by Crippen LogP contribution is -2.53. The minimum absolute atomic E-state index is 0.0178. The minimum atomic E-state index is -4.25. The van der Waals surface area contributed by atoms with Crippen LogP contribution in [-0.4, -0.2) is 51.4 Å². The lowest BCUT2D eigenvalue weighted by atomic mass is 10.0. The average molecular weight is 648 g/mol. The first-order valence-corrected chi connectivity index (χ1v) is 16.5. The fourth-order valence-corrected chi connectivity index (χ4v) is 6.63. The van der Waals surface area contributed by atoms with Crippen LogP contribution in [0.4, 0.5) is 5.69 Å². The van der Waals surface area contributed by atoms with Crippen molar-refractivity contribution in [3.05, 3.63) is 125 Å². The normalized spacial score (nSPS) is 11.8. The highest BCUT2D eigenvalue weighted by Crippen LogP contribution is 2.34. The summed E-state index contributed by atoms with van der Waals surface area (Å²) >= 11 is 6.30. The zero-order valence-corrected chi connectivity index (χ0v) is 27.2. The molecule has 0 spiro atoms. The van der Waals surface area contributed by atoms with Gasteiger partial charge in [-0.3, -0.25) is 13.9 Å². The molecular formula is C35H38ClN3O5S. The fourth-order valence-electron chi connectivity index (χ4n) is 4.98. The smallest absolute Gasteiger partial charge is 0.264 e. The molecule has 0 saturated carbocycles. The number of carbonyl (C=O) groups excluding carboxylic acids is 2. The third-order valence-corrected chi connectivity index (χ3v) is 9.28.